The molecule has 1 unspecified atom stereocenters. The first-order valence-electron chi connectivity index (χ1n) is 12.4. The molecular formula is C31H30N2O3. The van der Waals surface area contributed by atoms with Gasteiger partial charge in [-0.2, -0.15) is 0 Å². The van der Waals surface area contributed by atoms with Crippen LogP contribution in [0, 0.1) is 5.92 Å². The molecule has 0 spiro atoms. The number of hydrogen-bond acceptors (Lipinski definition) is 5. The first-order valence-corrected chi connectivity index (χ1v) is 12.4. The van der Waals surface area contributed by atoms with Crippen LogP contribution in [0.1, 0.15) is 43.8 Å². The molecule has 0 N–H and O–H groups in total. The average molecular weight is 479 g/mol. The van der Waals surface area contributed by atoms with E-state index in [4.69, 9.17) is 4.74 Å². The molecule has 0 saturated carbocycles. The largest absolute Gasteiger partial charge is 0.465 e. The summed E-state index contributed by atoms with van der Waals surface area (Å²) in [6.45, 7) is 3.07. The van der Waals surface area contributed by atoms with Crippen LogP contribution in [-0.4, -0.2) is 41.8 Å². The van der Waals surface area contributed by atoms with Crippen molar-refractivity contribution in [3.05, 3.63) is 113 Å². The molecule has 1 aliphatic heterocycles. The number of carbonyl (C=O) groups is 2. The number of fused-ring (bicyclic) bond motifs is 1. The molecule has 5 rings (SSSR count). The first kappa shape index (κ1) is 23.9. The molecular weight excluding hydrogens is 448 g/mol. The molecule has 1 fully saturated rings. The number of nitrogens with zero attached hydrogens (tertiary/aromatic N) is 2. The summed E-state index contributed by atoms with van der Waals surface area (Å²) in [5.41, 5.74) is 4.69. The number of benzene rings is 3. The predicted molar refractivity (Wildman–Crippen MR) is 141 cm³/mol. The number of rotatable bonds is 8. The van der Waals surface area contributed by atoms with Gasteiger partial charge in [-0.1, -0.05) is 54.6 Å². The van der Waals surface area contributed by atoms with E-state index in [0.717, 1.165) is 31.6 Å². The molecule has 182 valence electrons. The van der Waals surface area contributed by atoms with Crippen molar-refractivity contribution >= 4 is 22.5 Å². The molecule has 1 aliphatic rings. The highest BCUT2D eigenvalue weighted by molar-refractivity contribution is 5.98. The third kappa shape index (κ3) is 5.52. The molecule has 5 nitrogen and oxygen atoms in total. The van der Waals surface area contributed by atoms with Gasteiger partial charge in [0.05, 0.1) is 12.7 Å². The van der Waals surface area contributed by atoms with Gasteiger partial charge in [-0.15, -0.1) is 0 Å². The van der Waals surface area contributed by atoms with Gasteiger partial charge in [0.1, 0.15) is 0 Å². The molecule has 1 aromatic heterocycles. The number of methoxy groups -OCH3 is 1. The van der Waals surface area contributed by atoms with Gasteiger partial charge in [-0.05, 0) is 65.6 Å². The van der Waals surface area contributed by atoms with Gasteiger partial charge in [0.25, 0.3) is 0 Å². The Morgan fingerprint density at radius 2 is 1.75 bits per heavy atom. The van der Waals surface area contributed by atoms with Crippen molar-refractivity contribution in [2.24, 2.45) is 5.92 Å². The summed E-state index contributed by atoms with van der Waals surface area (Å²) in [5.74, 6) is 0.275. The van der Waals surface area contributed by atoms with E-state index in [9.17, 15) is 9.59 Å². The summed E-state index contributed by atoms with van der Waals surface area (Å²) in [7, 11) is 1.35. The Kier molecular flexibility index (Phi) is 7.19. The van der Waals surface area contributed by atoms with Crippen LogP contribution in [0.5, 0.6) is 0 Å². The third-order valence-electron chi connectivity index (χ3n) is 7.04. The van der Waals surface area contributed by atoms with Crippen LogP contribution >= 0.6 is 0 Å². The lowest BCUT2D eigenvalue weighted by atomic mass is 9.95. The van der Waals surface area contributed by atoms with Crippen molar-refractivity contribution in [3.63, 3.8) is 0 Å². The number of aromatic nitrogens is 1. The lowest BCUT2D eigenvalue weighted by molar-refractivity contribution is 0.0600. The highest BCUT2D eigenvalue weighted by Crippen LogP contribution is 2.26. The summed E-state index contributed by atoms with van der Waals surface area (Å²) in [5, 5.41) is 2.51. The van der Waals surface area contributed by atoms with Gasteiger partial charge < -0.3 is 4.74 Å². The Morgan fingerprint density at radius 1 is 0.972 bits per heavy atom. The summed E-state index contributed by atoms with van der Waals surface area (Å²) >= 11 is 0. The van der Waals surface area contributed by atoms with E-state index in [-0.39, 0.29) is 5.78 Å². The van der Waals surface area contributed by atoms with E-state index in [1.807, 2.05) is 24.5 Å². The van der Waals surface area contributed by atoms with Crippen LogP contribution in [0.3, 0.4) is 0 Å². The van der Waals surface area contributed by atoms with Gasteiger partial charge in [-0.3, -0.25) is 14.7 Å². The van der Waals surface area contributed by atoms with Gasteiger partial charge in [0.15, 0.2) is 5.78 Å². The Morgan fingerprint density at radius 3 is 2.58 bits per heavy atom. The van der Waals surface area contributed by atoms with Crippen molar-refractivity contribution in [1.29, 1.82) is 0 Å². The van der Waals surface area contributed by atoms with Crippen molar-refractivity contribution < 1.29 is 14.3 Å². The lowest BCUT2D eigenvalue weighted by Crippen LogP contribution is -2.20. The van der Waals surface area contributed by atoms with Crippen LogP contribution in [0.25, 0.3) is 10.8 Å². The maximum Gasteiger partial charge on any atom is 0.337 e. The van der Waals surface area contributed by atoms with Crippen molar-refractivity contribution in [2.45, 2.75) is 25.8 Å². The van der Waals surface area contributed by atoms with Crippen LogP contribution in [0.4, 0.5) is 0 Å². The molecule has 36 heavy (non-hydrogen) atoms. The SMILES string of the molecule is COC(=O)c1ccc(C(=O)Cc2cccc(CN3CCC(Cc4cccc5cnccc45)C3)c2)cc1. The second-order valence-electron chi connectivity index (χ2n) is 9.60. The Balaban J connectivity index is 1.18. The zero-order chi connectivity index (χ0) is 24.9. The molecule has 1 atom stereocenters. The summed E-state index contributed by atoms with van der Waals surface area (Å²) in [6, 6.07) is 23.6. The number of esters is 1. The third-order valence-corrected chi connectivity index (χ3v) is 7.04. The quantitative estimate of drug-likeness (QED) is 0.247. The minimum absolute atomic E-state index is 0.0371. The monoisotopic (exact) mass is 478 g/mol. The smallest absolute Gasteiger partial charge is 0.337 e. The fourth-order valence-corrected chi connectivity index (χ4v) is 5.20. The number of carbonyl (C=O) groups excluding carboxylic acids is 2. The Bertz CT molecular complexity index is 1370. The van der Waals surface area contributed by atoms with Crippen LogP contribution in [0.2, 0.25) is 0 Å². The van der Waals surface area contributed by atoms with Crippen molar-refractivity contribution in [1.82, 2.24) is 9.88 Å². The molecule has 0 aliphatic carbocycles. The van der Waals surface area contributed by atoms with Gasteiger partial charge in [0.2, 0.25) is 0 Å². The van der Waals surface area contributed by atoms with Gasteiger partial charge in [-0.25, -0.2) is 4.79 Å². The van der Waals surface area contributed by atoms with Crippen LogP contribution < -0.4 is 0 Å². The number of ketones is 1. The molecule has 0 amide bonds. The fourth-order valence-electron chi connectivity index (χ4n) is 5.20. The maximum absolute atomic E-state index is 12.8. The molecule has 0 bridgehead atoms. The molecule has 3 aromatic carbocycles. The molecule has 4 aromatic rings. The standard InChI is InChI=1S/C31H30N2O3/c1-36-31(35)26-10-8-25(9-11-26)30(34)18-22-4-2-5-23(16-22)20-33-15-13-24(21-33)17-27-6-3-7-28-19-32-14-12-29(27)28/h2-12,14,16,19,24H,13,15,17-18,20-21H2,1H3. The molecule has 5 heteroatoms. The van der Waals surface area contributed by atoms with Gasteiger partial charge >= 0.3 is 5.97 Å². The Hall–Kier alpha value is -3.83. The first-order chi connectivity index (χ1) is 17.6. The van der Waals surface area contributed by atoms with E-state index in [2.05, 4.69) is 46.3 Å². The molecule has 1 saturated heterocycles. The van der Waals surface area contributed by atoms with Crippen molar-refractivity contribution in [3.8, 4) is 0 Å². The second-order valence-corrected chi connectivity index (χ2v) is 9.60. The summed E-state index contributed by atoms with van der Waals surface area (Å²) in [4.78, 5) is 31.2. The highest BCUT2D eigenvalue weighted by atomic mass is 16.5. The minimum atomic E-state index is -0.403. The van der Waals surface area contributed by atoms with E-state index in [1.54, 1.807) is 24.3 Å². The number of likely N-dealkylation sites (tertiary alicyclic amines) is 1. The topological polar surface area (TPSA) is 59.5 Å². The normalized spacial score (nSPS) is 15.8. The minimum Gasteiger partial charge on any atom is -0.465 e. The number of ether oxygens (including phenoxy) is 1. The lowest BCUT2D eigenvalue weighted by Gasteiger charge is -2.17. The second kappa shape index (κ2) is 10.8. The van der Waals surface area contributed by atoms with E-state index >= 15 is 0 Å². The summed E-state index contributed by atoms with van der Waals surface area (Å²) < 4.78 is 4.72. The van der Waals surface area contributed by atoms with E-state index < -0.39 is 5.97 Å². The van der Waals surface area contributed by atoms with Gasteiger partial charge in [0, 0.05) is 42.9 Å². The van der Waals surface area contributed by atoms with Crippen LogP contribution in [0.15, 0.2) is 85.2 Å². The maximum atomic E-state index is 12.8. The van der Waals surface area contributed by atoms with E-state index in [0.29, 0.717) is 23.5 Å². The van der Waals surface area contributed by atoms with E-state index in [1.165, 1.54) is 35.4 Å². The number of hydrogen-bond donors (Lipinski definition) is 0. The van der Waals surface area contributed by atoms with Crippen molar-refractivity contribution in [2.75, 3.05) is 20.2 Å². The molecule has 2 heterocycles. The zero-order valence-corrected chi connectivity index (χ0v) is 20.5. The fraction of sp³-hybridized carbons (Fsp3) is 0.258. The predicted octanol–water partition coefficient (Wildman–Crippen LogP) is 5.51. The highest BCUT2D eigenvalue weighted by Gasteiger charge is 2.23. The molecule has 0 radical (unpaired) electrons. The Labute approximate surface area is 211 Å². The number of pyridine rings is 1. The van der Waals surface area contributed by atoms with Crippen LogP contribution in [-0.2, 0) is 24.1 Å². The number of Topliss-reactive ketones (excluding diaryl/α,β-unsaturated/α-hetero) is 1. The zero-order valence-electron chi connectivity index (χ0n) is 20.5. The summed E-state index contributed by atoms with van der Waals surface area (Å²) in [6.07, 6.45) is 6.43. The average Bonchev–Trinajstić information content (AvgIpc) is 3.35.